The first-order chi connectivity index (χ1) is 12.2. The van der Waals surface area contributed by atoms with Crippen molar-refractivity contribution >= 4 is 28.3 Å². The van der Waals surface area contributed by atoms with Crippen LogP contribution in [-0.2, 0) is 0 Å². The van der Waals surface area contributed by atoms with Crippen molar-refractivity contribution in [3.63, 3.8) is 0 Å². The zero-order chi connectivity index (χ0) is 17.2. The second-order valence-corrected chi connectivity index (χ2v) is 6.39. The average Bonchev–Trinajstić information content (AvgIpc) is 3.17. The Kier molecular flexibility index (Phi) is 4.06. The highest BCUT2D eigenvalue weighted by Gasteiger charge is 2.15. The fraction of sp³-hybridized carbons (Fsp3) is 0.250. The topological polar surface area (TPSA) is 58.1 Å². The van der Waals surface area contributed by atoms with Gasteiger partial charge in [0.15, 0.2) is 0 Å². The second kappa shape index (κ2) is 6.51. The number of hydrogen-bond acceptors (Lipinski definition) is 4. The first-order valence-electron chi connectivity index (χ1n) is 8.59. The van der Waals surface area contributed by atoms with E-state index in [1.807, 2.05) is 18.2 Å². The fourth-order valence-corrected chi connectivity index (χ4v) is 3.25. The van der Waals surface area contributed by atoms with Crippen LogP contribution in [0, 0.1) is 6.92 Å². The summed E-state index contributed by atoms with van der Waals surface area (Å²) >= 11 is 0. The number of fused-ring (bicyclic) bond motifs is 1. The number of amides is 1. The number of hydrogen-bond donors (Lipinski definition) is 1. The molecule has 25 heavy (non-hydrogen) atoms. The van der Waals surface area contributed by atoms with E-state index in [0.29, 0.717) is 5.69 Å². The zero-order valence-electron chi connectivity index (χ0n) is 14.2. The normalized spacial score (nSPS) is 14.0. The highest BCUT2D eigenvalue weighted by molar-refractivity contribution is 6.04. The van der Waals surface area contributed by atoms with Crippen LogP contribution < -0.4 is 10.2 Å². The lowest BCUT2D eigenvalue weighted by atomic mass is 10.1. The molecule has 1 aromatic carbocycles. The third-order valence-corrected chi connectivity index (χ3v) is 4.59. The number of benzene rings is 1. The summed E-state index contributed by atoms with van der Waals surface area (Å²) in [5, 5.41) is 3.96. The standard InChI is InChI=1S/C20H20N4O/c1-14-12-19(24-10-4-5-11-24)23-17-8-7-15(13-16(14)17)22-20(25)18-6-2-3-9-21-18/h2-3,6-9,12-13H,4-5,10-11H2,1H3,(H,22,25). The molecule has 126 valence electrons. The maximum absolute atomic E-state index is 12.3. The van der Waals surface area contributed by atoms with E-state index in [-0.39, 0.29) is 5.91 Å². The number of aromatic nitrogens is 2. The molecule has 0 saturated carbocycles. The molecule has 1 N–H and O–H groups in total. The van der Waals surface area contributed by atoms with E-state index in [0.717, 1.165) is 35.5 Å². The molecule has 0 unspecified atom stereocenters. The smallest absolute Gasteiger partial charge is 0.274 e. The lowest BCUT2D eigenvalue weighted by molar-refractivity contribution is 0.102. The minimum absolute atomic E-state index is 0.209. The van der Waals surface area contributed by atoms with Crippen LogP contribution in [0.4, 0.5) is 11.5 Å². The maximum atomic E-state index is 12.3. The van der Waals surface area contributed by atoms with E-state index in [1.165, 1.54) is 18.4 Å². The highest BCUT2D eigenvalue weighted by atomic mass is 16.1. The van der Waals surface area contributed by atoms with Gasteiger partial charge >= 0.3 is 0 Å². The Morgan fingerprint density at radius 1 is 1.12 bits per heavy atom. The number of carbonyl (C=O) groups excluding carboxylic acids is 1. The molecule has 0 atom stereocenters. The maximum Gasteiger partial charge on any atom is 0.274 e. The minimum atomic E-state index is -0.209. The van der Waals surface area contributed by atoms with Gasteiger partial charge in [-0.05, 0) is 61.7 Å². The second-order valence-electron chi connectivity index (χ2n) is 6.39. The Balaban J connectivity index is 1.63. The van der Waals surface area contributed by atoms with E-state index < -0.39 is 0 Å². The van der Waals surface area contributed by atoms with E-state index in [4.69, 9.17) is 4.98 Å². The summed E-state index contributed by atoms with van der Waals surface area (Å²) in [6.45, 7) is 4.25. The molecule has 5 nitrogen and oxygen atoms in total. The molecular weight excluding hydrogens is 312 g/mol. The van der Waals surface area contributed by atoms with Crippen LogP contribution in [0.25, 0.3) is 10.9 Å². The molecule has 0 spiro atoms. The summed E-state index contributed by atoms with van der Waals surface area (Å²) in [7, 11) is 0. The van der Waals surface area contributed by atoms with Gasteiger partial charge < -0.3 is 10.2 Å². The van der Waals surface area contributed by atoms with Crippen molar-refractivity contribution in [1.82, 2.24) is 9.97 Å². The Hall–Kier alpha value is -2.95. The third-order valence-electron chi connectivity index (χ3n) is 4.59. The van der Waals surface area contributed by atoms with Gasteiger partial charge in [0.1, 0.15) is 11.5 Å². The SMILES string of the molecule is Cc1cc(N2CCCC2)nc2ccc(NC(=O)c3ccccn3)cc12. The van der Waals surface area contributed by atoms with E-state index in [2.05, 4.69) is 28.2 Å². The molecule has 1 aliphatic heterocycles. The van der Waals surface area contributed by atoms with Crippen molar-refractivity contribution in [2.45, 2.75) is 19.8 Å². The minimum Gasteiger partial charge on any atom is -0.357 e. The Labute approximate surface area is 146 Å². The Bertz CT molecular complexity index is 918. The average molecular weight is 332 g/mol. The quantitative estimate of drug-likeness (QED) is 0.793. The van der Waals surface area contributed by atoms with Crippen molar-refractivity contribution in [3.8, 4) is 0 Å². The molecule has 0 aliphatic carbocycles. The summed E-state index contributed by atoms with van der Waals surface area (Å²) in [6, 6.07) is 13.3. The van der Waals surface area contributed by atoms with Gasteiger partial charge in [-0.3, -0.25) is 9.78 Å². The number of pyridine rings is 2. The van der Waals surface area contributed by atoms with Crippen molar-refractivity contribution in [2.75, 3.05) is 23.3 Å². The molecule has 2 aromatic heterocycles. The van der Waals surface area contributed by atoms with Gasteiger partial charge in [-0.25, -0.2) is 4.98 Å². The van der Waals surface area contributed by atoms with E-state index >= 15 is 0 Å². The monoisotopic (exact) mass is 332 g/mol. The predicted molar refractivity (Wildman–Crippen MR) is 100 cm³/mol. The van der Waals surface area contributed by atoms with Crippen LogP contribution in [0.3, 0.4) is 0 Å². The number of nitrogens with one attached hydrogen (secondary N) is 1. The molecule has 5 heteroatoms. The molecule has 1 saturated heterocycles. The van der Waals surface area contributed by atoms with Gasteiger partial charge in [0.25, 0.3) is 5.91 Å². The van der Waals surface area contributed by atoms with Crippen molar-refractivity contribution in [3.05, 3.63) is 59.9 Å². The van der Waals surface area contributed by atoms with Crippen LogP contribution in [0.2, 0.25) is 0 Å². The summed E-state index contributed by atoms with van der Waals surface area (Å²) in [5.41, 5.74) is 3.28. The molecule has 1 amide bonds. The molecular formula is C20H20N4O. The zero-order valence-corrected chi connectivity index (χ0v) is 14.2. The van der Waals surface area contributed by atoms with Gasteiger partial charge in [0.2, 0.25) is 0 Å². The Morgan fingerprint density at radius 3 is 2.72 bits per heavy atom. The van der Waals surface area contributed by atoms with E-state index in [1.54, 1.807) is 24.4 Å². The predicted octanol–water partition coefficient (Wildman–Crippen LogP) is 3.79. The number of anilines is 2. The van der Waals surface area contributed by atoms with Crippen LogP contribution in [0.15, 0.2) is 48.7 Å². The van der Waals surface area contributed by atoms with Crippen LogP contribution in [0.5, 0.6) is 0 Å². The summed E-state index contributed by atoms with van der Waals surface area (Å²) in [5.74, 6) is 0.840. The number of aryl methyl sites for hydroxylation is 1. The van der Waals surface area contributed by atoms with Crippen LogP contribution in [-0.4, -0.2) is 29.0 Å². The summed E-state index contributed by atoms with van der Waals surface area (Å²) in [6.07, 6.45) is 4.08. The molecule has 4 rings (SSSR count). The molecule has 3 aromatic rings. The highest BCUT2D eigenvalue weighted by Crippen LogP contribution is 2.27. The lowest BCUT2D eigenvalue weighted by Gasteiger charge is -2.18. The molecule has 1 aliphatic rings. The summed E-state index contributed by atoms with van der Waals surface area (Å²) in [4.78, 5) is 23.5. The van der Waals surface area contributed by atoms with Crippen molar-refractivity contribution < 1.29 is 4.79 Å². The van der Waals surface area contributed by atoms with Gasteiger partial charge in [0.05, 0.1) is 5.52 Å². The number of nitrogens with zero attached hydrogens (tertiary/aromatic N) is 3. The molecule has 0 bridgehead atoms. The van der Waals surface area contributed by atoms with Crippen molar-refractivity contribution in [1.29, 1.82) is 0 Å². The largest absolute Gasteiger partial charge is 0.357 e. The van der Waals surface area contributed by atoms with Gasteiger partial charge in [-0.1, -0.05) is 6.07 Å². The van der Waals surface area contributed by atoms with E-state index in [9.17, 15) is 4.79 Å². The number of carbonyl (C=O) groups is 1. The lowest BCUT2D eigenvalue weighted by Crippen LogP contribution is -2.19. The van der Waals surface area contributed by atoms with Gasteiger partial charge in [0, 0.05) is 30.4 Å². The fourth-order valence-electron chi connectivity index (χ4n) is 3.25. The first-order valence-corrected chi connectivity index (χ1v) is 8.59. The molecule has 3 heterocycles. The molecule has 1 fully saturated rings. The van der Waals surface area contributed by atoms with Gasteiger partial charge in [-0.2, -0.15) is 0 Å². The van der Waals surface area contributed by atoms with Gasteiger partial charge in [-0.15, -0.1) is 0 Å². The van der Waals surface area contributed by atoms with Crippen LogP contribution in [0.1, 0.15) is 28.9 Å². The third kappa shape index (κ3) is 3.18. The Morgan fingerprint density at radius 2 is 1.96 bits per heavy atom. The number of rotatable bonds is 3. The van der Waals surface area contributed by atoms with Crippen LogP contribution >= 0.6 is 0 Å². The van der Waals surface area contributed by atoms with Crippen molar-refractivity contribution in [2.24, 2.45) is 0 Å². The molecule has 0 radical (unpaired) electrons. The first kappa shape index (κ1) is 15.6. The summed E-state index contributed by atoms with van der Waals surface area (Å²) < 4.78 is 0.